The first-order chi connectivity index (χ1) is 8.56. The topological polar surface area (TPSA) is 52.0 Å². The first kappa shape index (κ1) is 13.4. The lowest BCUT2D eigenvalue weighted by atomic mass is 10.0. The second-order valence-electron chi connectivity index (χ2n) is 4.19. The van der Waals surface area contributed by atoms with E-state index < -0.39 is 0 Å². The van der Waals surface area contributed by atoms with E-state index in [9.17, 15) is 0 Å². The second-order valence-corrected chi connectivity index (χ2v) is 6.02. The molecule has 4 heteroatoms. The smallest absolute Gasteiger partial charge is 0.0357 e. The number of nitrogen functional groups attached to an aromatic ring is 2. The van der Waals surface area contributed by atoms with Crippen molar-refractivity contribution in [2.24, 2.45) is 0 Å². The average Bonchev–Trinajstić information content (AvgIpc) is 2.30. The van der Waals surface area contributed by atoms with Crippen LogP contribution in [0, 0.1) is 0 Å². The van der Waals surface area contributed by atoms with Crippen LogP contribution in [0.15, 0.2) is 45.3 Å². The van der Waals surface area contributed by atoms with Crippen LogP contribution in [0.1, 0.15) is 11.1 Å². The summed E-state index contributed by atoms with van der Waals surface area (Å²) in [6, 6.07) is 12.0. The van der Waals surface area contributed by atoms with Crippen molar-refractivity contribution in [3.63, 3.8) is 0 Å². The van der Waals surface area contributed by atoms with Crippen LogP contribution in [0.4, 0.5) is 11.4 Å². The Kier molecular flexibility index (Phi) is 4.30. The van der Waals surface area contributed by atoms with E-state index in [4.69, 9.17) is 11.5 Å². The molecule has 0 aromatic heterocycles. The molecule has 4 N–H and O–H groups in total. The fourth-order valence-electron chi connectivity index (χ4n) is 1.86. The molecule has 0 fully saturated rings. The van der Waals surface area contributed by atoms with Gasteiger partial charge in [0.25, 0.3) is 0 Å². The number of halogens is 2. The van der Waals surface area contributed by atoms with Gasteiger partial charge >= 0.3 is 0 Å². The van der Waals surface area contributed by atoms with Gasteiger partial charge in [-0.3, -0.25) is 0 Å². The summed E-state index contributed by atoms with van der Waals surface area (Å²) in [6.45, 7) is 0. The van der Waals surface area contributed by atoms with E-state index in [2.05, 4.69) is 44.0 Å². The molecule has 0 saturated heterocycles. The Hall–Kier alpha value is -1.00. The maximum absolute atomic E-state index is 5.98. The van der Waals surface area contributed by atoms with Crippen LogP contribution in [-0.2, 0) is 12.8 Å². The first-order valence-corrected chi connectivity index (χ1v) is 7.22. The number of rotatable bonds is 3. The molecule has 0 aliphatic rings. The summed E-state index contributed by atoms with van der Waals surface area (Å²) < 4.78 is 2.01. The minimum absolute atomic E-state index is 0.819. The molecule has 0 spiro atoms. The number of hydrogen-bond acceptors (Lipinski definition) is 2. The zero-order chi connectivity index (χ0) is 13.1. The summed E-state index contributed by atoms with van der Waals surface area (Å²) in [6.07, 6.45) is 1.79. The molecule has 0 unspecified atom stereocenters. The van der Waals surface area contributed by atoms with Gasteiger partial charge in [-0.05, 0) is 48.2 Å². The maximum atomic E-state index is 5.98. The monoisotopic (exact) mass is 368 g/mol. The number of nitrogens with two attached hydrogens (primary N) is 2. The van der Waals surface area contributed by atoms with E-state index >= 15 is 0 Å². The Balaban J connectivity index is 2.11. The molecule has 2 aromatic carbocycles. The molecule has 2 nitrogen and oxygen atoms in total. The summed E-state index contributed by atoms with van der Waals surface area (Å²) in [5, 5.41) is 0. The Bertz CT molecular complexity index is 516. The van der Waals surface area contributed by atoms with Crippen molar-refractivity contribution in [1.82, 2.24) is 0 Å². The molecular formula is C14H14Br2N2. The van der Waals surface area contributed by atoms with Gasteiger partial charge in [-0.1, -0.05) is 44.0 Å². The van der Waals surface area contributed by atoms with Crippen LogP contribution in [0.25, 0.3) is 0 Å². The molecule has 2 rings (SSSR count). The zero-order valence-corrected chi connectivity index (χ0v) is 13.0. The van der Waals surface area contributed by atoms with Crippen molar-refractivity contribution in [3.8, 4) is 0 Å². The summed E-state index contributed by atoms with van der Waals surface area (Å²) in [5.41, 5.74) is 15.9. The lowest BCUT2D eigenvalue weighted by Gasteiger charge is -2.08. The summed E-state index contributed by atoms with van der Waals surface area (Å²) in [4.78, 5) is 0. The number of aryl methyl sites for hydroxylation is 2. The summed E-state index contributed by atoms with van der Waals surface area (Å²) >= 11 is 6.81. The van der Waals surface area contributed by atoms with Crippen molar-refractivity contribution in [2.75, 3.05) is 11.5 Å². The second kappa shape index (κ2) is 5.76. The van der Waals surface area contributed by atoms with Gasteiger partial charge in [0.2, 0.25) is 0 Å². The van der Waals surface area contributed by atoms with Gasteiger partial charge in [0.15, 0.2) is 0 Å². The fourth-order valence-corrected chi connectivity index (χ4v) is 2.61. The minimum Gasteiger partial charge on any atom is -0.398 e. The van der Waals surface area contributed by atoms with Crippen LogP contribution in [0.5, 0.6) is 0 Å². The molecular weight excluding hydrogens is 356 g/mol. The zero-order valence-electron chi connectivity index (χ0n) is 9.79. The van der Waals surface area contributed by atoms with Crippen molar-refractivity contribution < 1.29 is 0 Å². The standard InChI is InChI=1S/C14H14Br2N2/c15-11-5-3-9(13(17)7-11)1-2-10-4-6-12(16)8-14(10)18/h3-8H,1-2,17-18H2. The predicted molar refractivity (Wildman–Crippen MR) is 84.5 cm³/mol. The van der Waals surface area contributed by atoms with Gasteiger partial charge in [0.1, 0.15) is 0 Å². The van der Waals surface area contributed by atoms with E-state index in [-0.39, 0.29) is 0 Å². The molecule has 0 radical (unpaired) electrons. The molecule has 94 valence electrons. The molecule has 0 aliphatic carbocycles. The third-order valence-electron chi connectivity index (χ3n) is 2.88. The highest BCUT2D eigenvalue weighted by atomic mass is 79.9. The van der Waals surface area contributed by atoms with Crippen molar-refractivity contribution >= 4 is 43.2 Å². The van der Waals surface area contributed by atoms with E-state index in [0.717, 1.165) is 44.3 Å². The molecule has 18 heavy (non-hydrogen) atoms. The van der Waals surface area contributed by atoms with Crippen LogP contribution >= 0.6 is 31.9 Å². The van der Waals surface area contributed by atoms with Crippen molar-refractivity contribution in [3.05, 3.63) is 56.5 Å². The molecule has 2 aromatic rings. The van der Waals surface area contributed by atoms with Crippen molar-refractivity contribution in [1.29, 1.82) is 0 Å². The van der Waals surface area contributed by atoms with Gasteiger partial charge in [-0.15, -0.1) is 0 Å². The quantitative estimate of drug-likeness (QED) is 0.798. The number of anilines is 2. The SMILES string of the molecule is Nc1cc(Br)ccc1CCc1ccc(Br)cc1N. The van der Waals surface area contributed by atoms with Gasteiger partial charge in [0, 0.05) is 20.3 Å². The maximum Gasteiger partial charge on any atom is 0.0357 e. The molecule has 0 bridgehead atoms. The van der Waals surface area contributed by atoms with Crippen LogP contribution in [-0.4, -0.2) is 0 Å². The highest BCUT2D eigenvalue weighted by Crippen LogP contribution is 2.23. The summed E-state index contributed by atoms with van der Waals surface area (Å²) in [7, 11) is 0. The molecule has 0 aliphatic heterocycles. The first-order valence-electron chi connectivity index (χ1n) is 5.64. The molecule has 0 amide bonds. The van der Waals surface area contributed by atoms with E-state index in [1.165, 1.54) is 0 Å². The largest absolute Gasteiger partial charge is 0.398 e. The van der Waals surface area contributed by atoms with Crippen LogP contribution in [0.3, 0.4) is 0 Å². The van der Waals surface area contributed by atoms with Gasteiger partial charge < -0.3 is 11.5 Å². The Morgan fingerprint density at radius 2 is 1.11 bits per heavy atom. The van der Waals surface area contributed by atoms with E-state index in [1.807, 2.05) is 24.3 Å². The predicted octanol–water partition coefficient (Wildman–Crippen LogP) is 4.16. The molecule has 0 atom stereocenters. The lowest BCUT2D eigenvalue weighted by molar-refractivity contribution is 0.965. The van der Waals surface area contributed by atoms with Crippen LogP contribution in [0.2, 0.25) is 0 Å². The fraction of sp³-hybridized carbons (Fsp3) is 0.143. The highest BCUT2D eigenvalue weighted by Gasteiger charge is 2.04. The van der Waals surface area contributed by atoms with Gasteiger partial charge in [-0.25, -0.2) is 0 Å². The average molecular weight is 370 g/mol. The minimum atomic E-state index is 0.819. The normalized spacial score (nSPS) is 10.6. The Morgan fingerprint density at radius 3 is 1.44 bits per heavy atom. The van der Waals surface area contributed by atoms with Crippen LogP contribution < -0.4 is 11.5 Å². The van der Waals surface area contributed by atoms with Gasteiger partial charge in [-0.2, -0.15) is 0 Å². The number of benzene rings is 2. The highest BCUT2D eigenvalue weighted by molar-refractivity contribution is 9.10. The molecule has 0 saturated carbocycles. The Morgan fingerprint density at radius 1 is 0.722 bits per heavy atom. The van der Waals surface area contributed by atoms with E-state index in [0.29, 0.717) is 0 Å². The van der Waals surface area contributed by atoms with Gasteiger partial charge in [0.05, 0.1) is 0 Å². The molecule has 0 heterocycles. The Labute approximate surface area is 124 Å². The van der Waals surface area contributed by atoms with Crippen molar-refractivity contribution in [2.45, 2.75) is 12.8 Å². The third kappa shape index (κ3) is 3.27. The third-order valence-corrected chi connectivity index (χ3v) is 3.87. The van der Waals surface area contributed by atoms with E-state index in [1.54, 1.807) is 0 Å². The number of hydrogen-bond donors (Lipinski definition) is 2. The lowest BCUT2D eigenvalue weighted by Crippen LogP contribution is -2.00. The summed E-state index contributed by atoms with van der Waals surface area (Å²) in [5.74, 6) is 0.